The van der Waals surface area contributed by atoms with Gasteiger partial charge in [0.15, 0.2) is 0 Å². The summed E-state index contributed by atoms with van der Waals surface area (Å²) in [5.41, 5.74) is 1.30. The number of rotatable bonds is 5. The van der Waals surface area contributed by atoms with Crippen LogP contribution in [0.1, 0.15) is 43.2 Å². The first-order valence-electron chi connectivity index (χ1n) is 6.34. The fourth-order valence-electron chi connectivity index (χ4n) is 1.79. The van der Waals surface area contributed by atoms with E-state index in [0.29, 0.717) is 10.7 Å². The standard InChI is InChI=1S/C14H18ClN3O/c1-4-5-12-8-11(9-13(15)17-12)14(19)18(7-6-16)10(2)3/h8-10H,4-5,7H2,1-3H3. The van der Waals surface area contributed by atoms with Crippen LogP contribution in [0.3, 0.4) is 0 Å². The summed E-state index contributed by atoms with van der Waals surface area (Å²) in [5, 5.41) is 9.11. The number of aryl methyl sites for hydroxylation is 1. The Morgan fingerprint density at radius 2 is 2.21 bits per heavy atom. The topological polar surface area (TPSA) is 57.0 Å². The lowest BCUT2D eigenvalue weighted by atomic mass is 10.1. The molecule has 1 aromatic heterocycles. The van der Waals surface area contributed by atoms with Crippen molar-refractivity contribution in [3.05, 3.63) is 28.5 Å². The molecule has 0 aliphatic heterocycles. The van der Waals surface area contributed by atoms with E-state index in [-0.39, 0.29) is 18.5 Å². The van der Waals surface area contributed by atoms with E-state index in [1.165, 1.54) is 4.90 Å². The maximum Gasteiger partial charge on any atom is 0.255 e. The SMILES string of the molecule is CCCc1cc(C(=O)N(CC#N)C(C)C)cc(Cl)n1. The van der Waals surface area contributed by atoms with Crippen LogP contribution in [0.25, 0.3) is 0 Å². The number of nitriles is 1. The van der Waals surface area contributed by atoms with E-state index in [1.54, 1.807) is 12.1 Å². The Balaban J connectivity index is 3.07. The van der Waals surface area contributed by atoms with Gasteiger partial charge in [0.05, 0.1) is 6.07 Å². The molecule has 0 aromatic carbocycles. The van der Waals surface area contributed by atoms with Crippen LogP contribution in [0.2, 0.25) is 5.15 Å². The van der Waals surface area contributed by atoms with E-state index < -0.39 is 0 Å². The number of hydrogen-bond donors (Lipinski definition) is 0. The molecule has 0 unspecified atom stereocenters. The Bertz CT molecular complexity index is 494. The first kappa shape index (κ1) is 15.5. The Kier molecular flexibility index (Phi) is 5.78. The third kappa shape index (κ3) is 4.22. The molecule has 0 spiro atoms. The first-order valence-corrected chi connectivity index (χ1v) is 6.71. The highest BCUT2D eigenvalue weighted by Crippen LogP contribution is 2.15. The smallest absolute Gasteiger partial charge is 0.255 e. The van der Waals surface area contributed by atoms with E-state index in [2.05, 4.69) is 4.98 Å². The summed E-state index contributed by atoms with van der Waals surface area (Å²) in [5.74, 6) is -0.182. The molecular formula is C14H18ClN3O. The fraction of sp³-hybridized carbons (Fsp3) is 0.500. The molecule has 0 radical (unpaired) electrons. The van der Waals surface area contributed by atoms with E-state index in [4.69, 9.17) is 16.9 Å². The van der Waals surface area contributed by atoms with E-state index in [1.807, 2.05) is 26.8 Å². The molecule has 4 nitrogen and oxygen atoms in total. The van der Waals surface area contributed by atoms with Crippen molar-refractivity contribution in [2.24, 2.45) is 0 Å². The van der Waals surface area contributed by atoms with E-state index >= 15 is 0 Å². The highest BCUT2D eigenvalue weighted by molar-refractivity contribution is 6.29. The minimum atomic E-state index is -0.182. The Hall–Kier alpha value is -1.60. The molecule has 0 bridgehead atoms. The summed E-state index contributed by atoms with van der Waals surface area (Å²) < 4.78 is 0. The average molecular weight is 280 g/mol. The number of amides is 1. The molecular weight excluding hydrogens is 262 g/mol. The van der Waals surface area contributed by atoms with Crippen molar-refractivity contribution in [1.82, 2.24) is 9.88 Å². The molecule has 0 saturated carbocycles. The van der Waals surface area contributed by atoms with Crippen LogP contribution in [-0.2, 0) is 6.42 Å². The van der Waals surface area contributed by atoms with Crippen LogP contribution in [-0.4, -0.2) is 28.4 Å². The zero-order valence-corrected chi connectivity index (χ0v) is 12.2. The van der Waals surface area contributed by atoms with Gasteiger partial charge in [-0.2, -0.15) is 5.26 Å². The van der Waals surface area contributed by atoms with Gasteiger partial charge in [-0.1, -0.05) is 24.9 Å². The number of nitrogens with zero attached hydrogens (tertiary/aromatic N) is 3. The summed E-state index contributed by atoms with van der Waals surface area (Å²) in [6, 6.07) is 5.28. The van der Waals surface area contributed by atoms with Crippen molar-refractivity contribution in [2.45, 2.75) is 39.7 Å². The van der Waals surface area contributed by atoms with E-state index in [0.717, 1.165) is 18.5 Å². The number of carbonyl (C=O) groups excluding carboxylic acids is 1. The number of pyridine rings is 1. The molecule has 0 atom stereocenters. The van der Waals surface area contributed by atoms with Gasteiger partial charge in [0.2, 0.25) is 0 Å². The van der Waals surface area contributed by atoms with Crippen LogP contribution in [0.15, 0.2) is 12.1 Å². The highest BCUT2D eigenvalue weighted by atomic mass is 35.5. The van der Waals surface area contributed by atoms with Gasteiger partial charge in [0.1, 0.15) is 11.7 Å². The summed E-state index contributed by atoms with van der Waals surface area (Å²) in [7, 11) is 0. The van der Waals surface area contributed by atoms with Crippen molar-refractivity contribution in [3.63, 3.8) is 0 Å². The van der Waals surface area contributed by atoms with Crippen molar-refractivity contribution < 1.29 is 4.79 Å². The van der Waals surface area contributed by atoms with Gasteiger partial charge < -0.3 is 4.90 Å². The molecule has 5 heteroatoms. The average Bonchev–Trinajstić information content (AvgIpc) is 2.34. The number of hydrogen-bond acceptors (Lipinski definition) is 3. The molecule has 0 aliphatic carbocycles. The number of aromatic nitrogens is 1. The third-order valence-electron chi connectivity index (χ3n) is 2.73. The van der Waals surface area contributed by atoms with Crippen LogP contribution in [0.5, 0.6) is 0 Å². The van der Waals surface area contributed by atoms with E-state index in [9.17, 15) is 4.79 Å². The molecule has 0 saturated heterocycles. The molecule has 0 N–H and O–H groups in total. The summed E-state index contributed by atoms with van der Waals surface area (Å²) >= 11 is 5.94. The molecule has 0 fully saturated rings. The maximum absolute atomic E-state index is 12.4. The molecule has 1 heterocycles. The van der Waals surface area contributed by atoms with Crippen molar-refractivity contribution in [3.8, 4) is 6.07 Å². The second kappa shape index (κ2) is 7.10. The monoisotopic (exact) mass is 279 g/mol. The van der Waals surface area contributed by atoms with Crippen molar-refractivity contribution in [1.29, 1.82) is 5.26 Å². The van der Waals surface area contributed by atoms with Gasteiger partial charge in [-0.3, -0.25) is 4.79 Å². The summed E-state index contributed by atoms with van der Waals surface area (Å²) in [6.45, 7) is 5.87. The third-order valence-corrected chi connectivity index (χ3v) is 2.92. The molecule has 1 amide bonds. The lowest BCUT2D eigenvalue weighted by Crippen LogP contribution is -2.37. The Morgan fingerprint density at radius 3 is 2.74 bits per heavy atom. The van der Waals surface area contributed by atoms with Gasteiger partial charge in [-0.05, 0) is 32.4 Å². The predicted octanol–water partition coefficient (Wildman–Crippen LogP) is 3.06. The lowest BCUT2D eigenvalue weighted by Gasteiger charge is -2.24. The van der Waals surface area contributed by atoms with Crippen molar-refractivity contribution in [2.75, 3.05) is 6.54 Å². The minimum absolute atomic E-state index is 0.0336. The minimum Gasteiger partial charge on any atom is -0.323 e. The van der Waals surface area contributed by atoms with Crippen LogP contribution in [0.4, 0.5) is 0 Å². The van der Waals surface area contributed by atoms with Gasteiger partial charge >= 0.3 is 0 Å². The zero-order chi connectivity index (χ0) is 14.4. The highest BCUT2D eigenvalue weighted by Gasteiger charge is 2.19. The number of carbonyl (C=O) groups is 1. The summed E-state index contributed by atoms with van der Waals surface area (Å²) in [4.78, 5) is 18.1. The van der Waals surface area contributed by atoms with Crippen LogP contribution >= 0.6 is 11.6 Å². The van der Waals surface area contributed by atoms with Crippen LogP contribution in [0, 0.1) is 11.3 Å². The fourth-order valence-corrected chi connectivity index (χ4v) is 2.02. The summed E-state index contributed by atoms with van der Waals surface area (Å²) in [6.07, 6.45) is 1.72. The lowest BCUT2D eigenvalue weighted by molar-refractivity contribution is 0.0731. The normalized spacial score (nSPS) is 10.3. The number of halogens is 1. The molecule has 19 heavy (non-hydrogen) atoms. The van der Waals surface area contributed by atoms with Crippen LogP contribution < -0.4 is 0 Å². The first-order chi connectivity index (χ1) is 8.99. The Labute approximate surface area is 119 Å². The predicted molar refractivity (Wildman–Crippen MR) is 75.0 cm³/mol. The van der Waals surface area contributed by atoms with Gasteiger partial charge in [-0.15, -0.1) is 0 Å². The second-order valence-corrected chi connectivity index (χ2v) is 4.99. The molecule has 1 aromatic rings. The Morgan fingerprint density at radius 1 is 1.53 bits per heavy atom. The second-order valence-electron chi connectivity index (χ2n) is 4.60. The van der Waals surface area contributed by atoms with Gasteiger partial charge in [-0.25, -0.2) is 4.98 Å². The largest absolute Gasteiger partial charge is 0.323 e. The molecule has 1 rings (SSSR count). The maximum atomic E-state index is 12.4. The zero-order valence-electron chi connectivity index (χ0n) is 11.5. The van der Waals surface area contributed by atoms with Gasteiger partial charge in [0, 0.05) is 17.3 Å². The molecule has 102 valence electrons. The molecule has 0 aliphatic rings. The van der Waals surface area contributed by atoms with Crippen molar-refractivity contribution >= 4 is 17.5 Å². The quantitative estimate of drug-likeness (QED) is 0.615. The van der Waals surface area contributed by atoms with Gasteiger partial charge in [0.25, 0.3) is 5.91 Å².